The number of nitrogens with one attached hydrogen (secondary N) is 1. The average molecular weight is 199 g/mol. The maximum Gasteiger partial charge on any atom is 0.0786 e. The van der Waals surface area contributed by atoms with Crippen LogP contribution in [-0.2, 0) is 0 Å². The molecule has 14 heavy (non-hydrogen) atoms. The Balaban J connectivity index is 2.11. The molecule has 1 heterocycles. The highest BCUT2D eigenvalue weighted by molar-refractivity contribution is 4.73. The summed E-state index contributed by atoms with van der Waals surface area (Å²) in [5.41, 5.74) is 0. The summed E-state index contributed by atoms with van der Waals surface area (Å²) in [4.78, 5) is 0. The molecular weight excluding hydrogens is 172 g/mol. The van der Waals surface area contributed by atoms with E-state index in [1.807, 2.05) is 0 Å². The zero-order valence-corrected chi connectivity index (χ0v) is 10.3. The molecule has 1 aliphatic heterocycles. The summed E-state index contributed by atoms with van der Waals surface area (Å²) in [6.07, 6.45) is 2.76. The molecule has 0 bridgehead atoms. The van der Waals surface area contributed by atoms with Crippen LogP contribution < -0.4 is 5.32 Å². The summed E-state index contributed by atoms with van der Waals surface area (Å²) >= 11 is 0. The Morgan fingerprint density at radius 3 is 2.29 bits per heavy atom. The largest absolute Gasteiger partial charge is 0.328 e. The minimum atomic E-state index is 0.845. The second-order valence-electron chi connectivity index (χ2n) is 5.88. The predicted octanol–water partition coefficient (Wildman–Crippen LogP) is 1.72. The van der Waals surface area contributed by atoms with Crippen LogP contribution in [0.25, 0.3) is 0 Å². The highest BCUT2D eigenvalue weighted by Gasteiger charge is 2.22. The molecule has 0 aromatic heterocycles. The van der Waals surface area contributed by atoms with Crippen LogP contribution in [0.5, 0.6) is 0 Å². The SMILES string of the molecule is CC(C)CC[N+](C)(C)CCC1CNC1. The Hall–Kier alpha value is -0.0800. The van der Waals surface area contributed by atoms with E-state index in [4.69, 9.17) is 0 Å². The second-order valence-corrected chi connectivity index (χ2v) is 5.88. The molecule has 1 aliphatic rings. The summed E-state index contributed by atoms with van der Waals surface area (Å²) in [5.74, 6) is 1.81. The standard InChI is InChI=1S/C12H27N2/c1-11(2)5-7-14(3,4)8-6-12-9-13-10-12/h11-13H,5-10H2,1-4H3/q+1. The van der Waals surface area contributed by atoms with Gasteiger partial charge in [0.1, 0.15) is 0 Å². The highest BCUT2D eigenvalue weighted by Crippen LogP contribution is 2.13. The minimum Gasteiger partial charge on any atom is -0.328 e. The summed E-state index contributed by atoms with van der Waals surface area (Å²) in [7, 11) is 4.74. The molecule has 0 spiro atoms. The Labute approximate surface area is 89.3 Å². The summed E-state index contributed by atoms with van der Waals surface area (Å²) < 4.78 is 1.20. The second kappa shape index (κ2) is 5.13. The quantitative estimate of drug-likeness (QED) is 0.642. The van der Waals surface area contributed by atoms with Gasteiger partial charge in [-0.3, -0.25) is 0 Å². The summed E-state index contributed by atoms with van der Waals surface area (Å²) in [5, 5.41) is 3.34. The van der Waals surface area contributed by atoms with Gasteiger partial charge in [0.15, 0.2) is 0 Å². The molecule has 0 aromatic carbocycles. The van der Waals surface area contributed by atoms with Crippen LogP contribution >= 0.6 is 0 Å². The molecular formula is C12H27N2+. The van der Waals surface area contributed by atoms with Crippen molar-refractivity contribution in [1.29, 1.82) is 0 Å². The van der Waals surface area contributed by atoms with Gasteiger partial charge in [-0.1, -0.05) is 13.8 Å². The molecule has 0 unspecified atom stereocenters. The zero-order chi connectivity index (χ0) is 10.6. The van der Waals surface area contributed by atoms with E-state index in [0.29, 0.717) is 0 Å². The number of rotatable bonds is 6. The van der Waals surface area contributed by atoms with Gasteiger partial charge < -0.3 is 9.80 Å². The maximum atomic E-state index is 3.34. The van der Waals surface area contributed by atoms with Crippen molar-refractivity contribution in [3.05, 3.63) is 0 Å². The van der Waals surface area contributed by atoms with Crippen LogP contribution in [0, 0.1) is 11.8 Å². The number of nitrogens with zero attached hydrogens (tertiary/aromatic N) is 1. The average Bonchev–Trinajstić information content (AvgIpc) is 1.98. The lowest BCUT2D eigenvalue weighted by Gasteiger charge is -2.34. The first-order chi connectivity index (χ1) is 6.49. The van der Waals surface area contributed by atoms with Gasteiger partial charge in [0.2, 0.25) is 0 Å². The van der Waals surface area contributed by atoms with Crippen LogP contribution in [0.1, 0.15) is 26.7 Å². The fourth-order valence-corrected chi connectivity index (χ4v) is 1.80. The highest BCUT2D eigenvalue weighted by atomic mass is 15.3. The Kier molecular flexibility index (Phi) is 4.39. The van der Waals surface area contributed by atoms with Crippen LogP contribution in [0.15, 0.2) is 0 Å². The maximum absolute atomic E-state index is 3.34. The predicted molar refractivity (Wildman–Crippen MR) is 62.3 cm³/mol. The van der Waals surface area contributed by atoms with Gasteiger partial charge in [0, 0.05) is 6.42 Å². The Morgan fingerprint density at radius 1 is 1.21 bits per heavy atom. The lowest BCUT2D eigenvalue weighted by molar-refractivity contribution is -0.891. The van der Waals surface area contributed by atoms with Crippen molar-refractivity contribution >= 4 is 0 Å². The van der Waals surface area contributed by atoms with Gasteiger partial charge >= 0.3 is 0 Å². The third kappa shape index (κ3) is 4.43. The lowest BCUT2D eigenvalue weighted by Crippen LogP contribution is -2.47. The molecule has 84 valence electrons. The van der Waals surface area contributed by atoms with Gasteiger partial charge in [0.05, 0.1) is 27.2 Å². The first kappa shape index (κ1) is 12.0. The van der Waals surface area contributed by atoms with Gasteiger partial charge in [-0.15, -0.1) is 0 Å². The molecule has 0 saturated carbocycles. The lowest BCUT2D eigenvalue weighted by atomic mass is 9.98. The monoisotopic (exact) mass is 199 g/mol. The van der Waals surface area contributed by atoms with E-state index in [1.165, 1.54) is 43.5 Å². The van der Waals surface area contributed by atoms with Crippen molar-refractivity contribution in [2.45, 2.75) is 26.7 Å². The van der Waals surface area contributed by atoms with Crippen LogP contribution in [0.3, 0.4) is 0 Å². The first-order valence-electron chi connectivity index (χ1n) is 6.02. The van der Waals surface area contributed by atoms with E-state index >= 15 is 0 Å². The molecule has 1 fully saturated rings. The van der Waals surface area contributed by atoms with Gasteiger partial charge in [-0.2, -0.15) is 0 Å². The number of hydrogen-bond acceptors (Lipinski definition) is 1. The first-order valence-corrected chi connectivity index (χ1v) is 6.02. The van der Waals surface area contributed by atoms with Crippen molar-refractivity contribution in [2.75, 3.05) is 40.3 Å². The van der Waals surface area contributed by atoms with Gasteiger partial charge in [-0.25, -0.2) is 0 Å². The molecule has 0 aliphatic carbocycles. The van der Waals surface area contributed by atoms with Gasteiger partial charge in [-0.05, 0) is 31.3 Å². The Morgan fingerprint density at radius 2 is 1.86 bits per heavy atom. The van der Waals surface area contributed by atoms with E-state index in [0.717, 1.165) is 11.8 Å². The zero-order valence-electron chi connectivity index (χ0n) is 10.3. The minimum absolute atomic E-state index is 0.845. The van der Waals surface area contributed by atoms with Crippen molar-refractivity contribution < 1.29 is 4.48 Å². The molecule has 1 rings (SSSR count). The molecule has 0 aromatic rings. The van der Waals surface area contributed by atoms with Crippen LogP contribution in [0.2, 0.25) is 0 Å². The van der Waals surface area contributed by atoms with Crippen molar-refractivity contribution in [3.63, 3.8) is 0 Å². The fourth-order valence-electron chi connectivity index (χ4n) is 1.80. The third-order valence-electron chi connectivity index (χ3n) is 3.32. The fraction of sp³-hybridized carbons (Fsp3) is 1.00. The summed E-state index contributed by atoms with van der Waals surface area (Å²) in [6, 6.07) is 0. The number of quaternary nitrogens is 1. The van der Waals surface area contributed by atoms with E-state index in [2.05, 4.69) is 33.3 Å². The molecule has 2 heteroatoms. The Bertz CT molecular complexity index is 160. The normalized spacial score (nSPS) is 18.6. The van der Waals surface area contributed by atoms with E-state index in [9.17, 15) is 0 Å². The smallest absolute Gasteiger partial charge is 0.0786 e. The summed E-state index contributed by atoms with van der Waals surface area (Å²) in [6.45, 7) is 9.82. The molecule has 1 N–H and O–H groups in total. The third-order valence-corrected chi connectivity index (χ3v) is 3.32. The topological polar surface area (TPSA) is 12.0 Å². The van der Waals surface area contributed by atoms with E-state index in [1.54, 1.807) is 0 Å². The van der Waals surface area contributed by atoms with Crippen molar-refractivity contribution in [1.82, 2.24) is 5.32 Å². The van der Waals surface area contributed by atoms with Crippen molar-refractivity contribution in [2.24, 2.45) is 11.8 Å². The van der Waals surface area contributed by atoms with Crippen LogP contribution in [0.4, 0.5) is 0 Å². The molecule has 0 radical (unpaired) electrons. The van der Waals surface area contributed by atoms with E-state index in [-0.39, 0.29) is 0 Å². The van der Waals surface area contributed by atoms with Crippen molar-refractivity contribution in [3.8, 4) is 0 Å². The van der Waals surface area contributed by atoms with Crippen LogP contribution in [-0.4, -0.2) is 44.8 Å². The molecule has 2 nitrogen and oxygen atoms in total. The molecule has 1 saturated heterocycles. The van der Waals surface area contributed by atoms with Gasteiger partial charge in [0.25, 0.3) is 0 Å². The van der Waals surface area contributed by atoms with E-state index < -0.39 is 0 Å². The number of hydrogen-bond donors (Lipinski definition) is 1. The molecule has 0 amide bonds. The molecule has 0 atom stereocenters.